The lowest BCUT2D eigenvalue weighted by molar-refractivity contribution is 0.0951. The van der Waals surface area contributed by atoms with Gasteiger partial charge in [-0.2, -0.15) is 5.10 Å². The van der Waals surface area contributed by atoms with E-state index in [0.29, 0.717) is 23.7 Å². The molecule has 0 aliphatic rings. The predicted octanol–water partition coefficient (Wildman–Crippen LogP) is 3.20. The van der Waals surface area contributed by atoms with E-state index >= 15 is 0 Å². The topological polar surface area (TPSA) is 63.8 Å². The summed E-state index contributed by atoms with van der Waals surface area (Å²) in [6.45, 7) is 2.34. The highest BCUT2D eigenvalue weighted by atomic mass is 79.9. The molecule has 1 aromatic carbocycles. The number of amides is 1. The van der Waals surface area contributed by atoms with Crippen molar-refractivity contribution in [2.75, 3.05) is 6.61 Å². The summed E-state index contributed by atoms with van der Waals surface area (Å²) in [5.41, 5.74) is 2.85. The second kappa shape index (κ2) is 6.91. The molecule has 0 unspecified atom stereocenters. The van der Waals surface area contributed by atoms with Crippen LogP contribution in [0.2, 0.25) is 0 Å². The summed E-state index contributed by atoms with van der Waals surface area (Å²) in [6.07, 6.45) is 2.96. The van der Waals surface area contributed by atoms with Crippen LogP contribution in [0.3, 0.4) is 0 Å². The van der Waals surface area contributed by atoms with E-state index in [1.54, 1.807) is 24.3 Å². The first-order valence-electron chi connectivity index (χ1n) is 6.00. The molecule has 0 radical (unpaired) electrons. The molecule has 1 amide bonds. The Bertz CT molecular complexity index is 609. The molecule has 6 heteroatoms. The molecule has 1 aromatic heterocycles. The third-order valence-corrected chi connectivity index (χ3v) is 2.88. The van der Waals surface area contributed by atoms with E-state index < -0.39 is 0 Å². The Morgan fingerprint density at radius 1 is 1.50 bits per heavy atom. The first-order valence-corrected chi connectivity index (χ1v) is 6.79. The maximum absolute atomic E-state index is 12.1. The molecule has 0 aliphatic heterocycles. The Balaban J connectivity index is 2.10. The van der Waals surface area contributed by atoms with E-state index in [0.717, 1.165) is 4.47 Å². The molecule has 0 fully saturated rings. The molecule has 0 saturated carbocycles. The zero-order valence-electron chi connectivity index (χ0n) is 10.8. The fraction of sp³-hybridized carbons (Fsp3) is 0.143. The van der Waals surface area contributed by atoms with E-state index in [4.69, 9.17) is 9.15 Å². The highest BCUT2D eigenvalue weighted by Gasteiger charge is 2.12. The number of nitrogens with zero attached hydrogens (tertiary/aromatic N) is 1. The van der Waals surface area contributed by atoms with Crippen molar-refractivity contribution in [3.63, 3.8) is 0 Å². The lowest BCUT2D eigenvalue weighted by atomic mass is 10.2. The van der Waals surface area contributed by atoms with Gasteiger partial charge in [0.15, 0.2) is 0 Å². The fourth-order valence-corrected chi connectivity index (χ4v) is 1.90. The Morgan fingerprint density at radius 3 is 3.05 bits per heavy atom. The van der Waals surface area contributed by atoms with E-state index in [1.807, 2.05) is 13.0 Å². The standard InChI is InChI=1S/C14H13BrN2O3/c1-2-19-13-6-5-10(15)8-12(13)14(18)17-16-9-11-4-3-7-20-11/h3-9H,2H2,1H3,(H,17,18)/b16-9-. The number of carbonyl (C=O) groups is 1. The third-order valence-electron chi connectivity index (χ3n) is 2.39. The van der Waals surface area contributed by atoms with Crippen LogP contribution in [0.4, 0.5) is 0 Å². The molecule has 104 valence electrons. The van der Waals surface area contributed by atoms with Crippen molar-refractivity contribution < 1.29 is 13.9 Å². The first kappa shape index (κ1) is 14.3. The zero-order valence-corrected chi connectivity index (χ0v) is 12.4. The van der Waals surface area contributed by atoms with Crippen molar-refractivity contribution in [3.05, 3.63) is 52.4 Å². The summed E-state index contributed by atoms with van der Waals surface area (Å²) in [5.74, 6) is 0.725. The first-order chi connectivity index (χ1) is 9.70. The largest absolute Gasteiger partial charge is 0.493 e. The van der Waals surface area contributed by atoms with Crippen molar-refractivity contribution in [2.24, 2.45) is 5.10 Å². The van der Waals surface area contributed by atoms with E-state index in [9.17, 15) is 4.79 Å². The van der Waals surface area contributed by atoms with Gasteiger partial charge in [-0.3, -0.25) is 4.79 Å². The molecule has 0 atom stereocenters. The van der Waals surface area contributed by atoms with Crippen LogP contribution in [0.15, 0.2) is 50.6 Å². The van der Waals surface area contributed by atoms with E-state index in [2.05, 4.69) is 26.5 Å². The monoisotopic (exact) mass is 336 g/mol. The van der Waals surface area contributed by atoms with Crippen LogP contribution < -0.4 is 10.2 Å². The van der Waals surface area contributed by atoms with Crippen LogP contribution in [0, 0.1) is 0 Å². The Labute approximate surface area is 124 Å². The number of nitrogens with one attached hydrogen (secondary N) is 1. The van der Waals surface area contributed by atoms with Gasteiger partial charge in [0.2, 0.25) is 0 Å². The summed E-state index contributed by atoms with van der Waals surface area (Å²) in [6, 6.07) is 8.71. The van der Waals surface area contributed by atoms with E-state index in [-0.39, 0.29) is 5.91 Å². The number of benzene rings is 1. The molecular weight excluding hydrogens is 324 g/mol. The average Bonchev–Trinajstić information content (AvgIpc) is 2.94. The Kier molecular flexibility index (Phi) is 4.95. The van der Waals surface area contributed by atoms with Crippen LogP contribution in [-0.2, 0) is 0 Å². The molecule has 0 aliphatic carbocycles. The van der Waals surface area contributed by atoms with Gasteiger partial charge in [0, 0.05) is 4.47 Å². The minimum Gasteiger partial charge on any atom is -0.493 e. The van der Waals surface area contributed by atoms with Gasteiger partial charge in [-0.25, -0.2) is 5.43 Å². The lowest BCUT2D eigenvalue weighted by Gasteiger charge is -2.09. The molecule has 0 bridgehead atoms. The smallest absolute Gasteiger partial charge is 0.275 e. The van der Waals surface area contributed by atoms with Gasteiger partial charge in [0.25, 0.3) is 5.91 Å². The highest BCUT2D eigenvalue weighted by Crippen LogP contribution is 2.23. The van der Waals surface area contributed by atoms with Gasteiger partial charge in [-0.1, -0.05) is 15.9 Å². The summed E-state index contributed by atoms with van der Waals surface area (Å²) in [4.78, 5) is 12.1. The average molecular weight is 337 g/mol. The normalized spacial score (nSPS) is 10.7. The highest BCUT2D eigenvalue weighted by molar-refractivity contribution is 9.10. The molecular formula is C14H13BrN2O3. The zero-order chi connectivity index (χ0) is 14.4. The van der Waals surface area contributed by atoms with Crippen molar-refractivity contribution in [3.8, 4) is 5.75 Å². The van der Waals surface area contributed by atoms with Gasteiger partial charge in [0.05, 0.1) is 24.6 Å². The van der Waals surface area contributed by atoms with Gasteiger partial charge in [-0.15, -0.1) is 0 Å². The van der Waals surface area contributed by atoms with Gasteiger partial charge in [-0.05, 0) is 37.3 Å². The molecule has 1 N–H and O–H groups in total. The summed E-state index contributed by atoms with van der Waals surface area (Å²) < 4.78 is 11.3. The number of halogens is 1. The van der Waals surface area contributed by atoms with Gasteiger partial charge >= 0.3 is 0 Å². The van der Waals surface area contributed by atoms with Crippen LogP contribution in [0.5, 0.6) is 5.75 Å². The van der Waals surface area contributed by atoms with Crippen LogP contribution in [0.1, 0.15) is 23.0 Å². The number of rotatable bonds is 5. The van der Waals surface area contributed by atoms with Crippen molar-refractivity contribution in [1.29, 1.82) is 0 Å². The van der Waals surface area contributed by atoms with Gasteiger partial charge < -0.3 is 9.15 Å². The van der Waals surface area contributed by atoms with Crippen molar-refractivity contribution in [1.82, 2.24) is 5.43 Å². The number of ether oxygens (including phenoxy) is 1. The minimum absolute atomic E-state index is 0.349. The van der Waals surface area contributed by atoms with Crippen LogP contribution >= 0.6 is 15.9 Å². The quantitative estimate of drug-likeness (QED) is 0.673. The molecule has 1 heterocycles. The van der Waals surface area contributed by atoms with Gasteiger partial charge in [0.1, 0.15) is 11.5 Å². The molecule has 2 aromatic rings. The summed E-state index contributed by atoms with van der Waals surface area (Å²) >= 11 is 3.33. The number of hydrogen-bond donors (Lipinski definition) is 1. The molecule has 0 saturated heterocycles. The lowest BCUT2D eigenvalue weighted by Crippen LogP contribution is -2.18. The number of hydrazone groups is 1. The number of carbonyl (C=O) groups excluding carboxylic acids is 1. The molecule has 20 heavy (non-hydrogen) atoms. The van der Waals surface area contributed by atoms with Crippen LogP contribution in [0.25, 0.3) is 0 Å². The fourth-order valence-electron chi connectivity index (χ4n) is 1.54. The van der Waals surface area contributed by atoms with Crippen molar-refractivity contribution >= 4 is 28.1 Å². The third kappa shape index (κ3) is 3.71. The summed E-state index contributed by atoms with van der Waals surface area (Å²) in [5, 5.41) is 3.83. The number of furan rings is 1. The predicted molar refractivity (Wildman–Crippen MR) is 79.1 cm³/mol. The Hall–Kier alpha value is -2.08. The maximum Gasteiger partial charge on any atom is 0.275 e. The molecule has 0 spiro atoms. The number of hydrogen-bond acceptors (Lipinski definition) is 4. The maximum atomic E-state index is 12.1. The van der Waals surface area contributed by atoms with Crippen LogP contribution in [-0.4, -0.2) is 18.7 Å². The SMILES string of the molecule is CCOc1ccc(Br)cc1C(=O)N/N=C\c1ccco1. The second-order valence-corrected chi connectivity index (χ2v) is 4.70. The second-order valence-electron chi connectivity index (χ2n) is 3.79. The van der Waals surface area contributed by atoms with E-state index in [1.165, 1.54) is 12.5 Å². The molecule has 5 nitrogen and oxygen atoms in total. The molecule has 2 rings (SSSR count). The summed E-state index contributed by atoms with van der Waals surface area (Å²) in [7, 11) is 0. The Morgan fingerprint density at radius 2 is 2.35 bits per heavy atom. The van der Waals surface area contributed by atoms with Crippen molar-refractivity contribution in [2.45, 2.75) is 6.92 Å². The minimum atomic E-state index is -0.349.